The zero-order chi connectivity index (χ0) is 12.4. The lowest BCUT2D eigenvalue weighted by atomic mass is 10.3. The number of halogens is 3. The standard InChI is InChI=1S/C10H5BrCl2N2OS/c11-7-2-1-5(4-14-7)15-10(16)6-3-8(12)17-9(6)13/h1-4H,(H,15,16). The molecular formula is C10H5BrCl2N2OS. The Morgan fingerprint density at radius 1 is 1.41 bits per heavy atom. The van der Waals surface area contributed by atoms with E-state index in [1.54, 1.807) is 18.3 Å². The van der Waals surface area contributed by atoms with Crippen molar-refractivity contribution in [3.63, 3.8) is 0 Å². The van der Waals surface area contributed by atoms with E-state index in [4.69, 9.17) is 23.2 Å². The number of hydrogen-bond donors (Lipinski definition) is 1. The predicted octanol–water partition coefficient (Wildman–Crippen LogP) is 4.46. The molecule has 2 aromatic rings. The second-order valence-electron chi connectivity index (χ2n) is 3.06. The summed E-state index contributed by atoms with van der Waals surface area (Å²) < 4.78 is 1.55. The minimum absolute atomic E-state index is 0.303. The average Bonchev–Trinajstić information content (AvgIpc) is 2.61. The van der Waals surface area contributed by atoms with E-state index >= 15 is 0 Å². The minimum atomic E-state index is -0.303. The molecule has 0 aliphatic rings. The van der Waals surface area contributed by atoms with Crippen LogP contribution in [0.3, 0.4) is 0 Å². The van der Waals surface area contributed by atoms with Gasteiger partial charge in [-0.2, -0.15) is 0 Å². The molecule has 0 fully saturated rings. The number of rotatable bonds is 2. The molecule has 0 aromatic carbocycles. The van der Waals surface area contributed by atoms with Crippen molar-refractivity contribution < 1.29 is 4.79 Å². The van der Waals surface area contributed by atoms with Gasteiger partial charge in [0.2, 0.25) is 0 Å². The van der Waals surface area contributed by atoms with Crippen molar-refractivity contribution in [3.8, 4) is 0 Å². The second-order valence-corrected chi connectivity index (χ2v) is 6.16. The van der Waals surface area contributed by atoms with Crippen LogP contribution in [0.25, 0.3) is 0 Å². The molecule has 0 unspecified atom stereocenters. The van der Waals surface area contributed by atoms with Crippen LogP contribution >= 0.6 is 50.5 Å². The van der Waals surface area contributed by atoms with Gasteiger partial charge in [-0.25, -0.2) is 4.98 Å². The zero-order valence-corrected chi connectivity index (χ0v) is 12.1. The van der Waals surface area contributed by atoms with Crippen LogP contribution in [0.5, 0.6) is 0 Å². The van der Waals surface area contributed by atoms with Crippen LogP contribution in [-0.4, -0.2) is 10.9 Å². The molecule has 2 heterocycles. The van der Waals surface area contributed by atoms with Gasteiger partial charge in [0.15, 0.2) is 0 Å². The Hall–Kier alpha value is -0.620. The monoisotopic (exact) mass is 350 g/mol. The van der Waals surface area contributed by atoms with Crippen molar-refractivity contribution in [2.75, 3.05) is 5.32 Å². The maximum absolute atomic E-state index is 11.8. The summed E-state index contributed by atoms with van der Waals surface area (Å²) in [5, 5.41) is 2.68. The van der Waals surface area contributed by atoms with Gasteiger partial charge in [0.05, 0.1) is 21.8 Å². The molecule has 17 heavy (non-hydrogen) atoms. The van der Waals surface area contributed by atoms with Crippen molar-refractivity contribution >= 4 is 62.1 Å². The van der Waals surface area contributed by atoms with E-state index in [0.717, 1.165) is 11.3 Å². The van der Waals surface area contributed by atoms with Crippen molar-refractivity contribution in [2.45, 2.75) is 0 Å². The number of aromatic nitrogens is 1. The number of carbonyl (C=O) groups is 1. The van der Waals surface area contributed by atoms with Gasteiger partial charge in [-0.15, -0.1) is 11.3 Å². The van der Waals surface area contributed by atoms with Crippen molar-refractivity contribution in [2.24, 2.45) is 0 Å². The second kappa shape index (κ2) is 5.35. The molecule has 0 radical (unpaired) electrons. The molecule has 0 saturated heterocycles. The number of nitrogens with one attached hydrogen (secondary N) is 1. The Morgan fingerprint density at radius 3 is 2.71 bits per heavy atom. The van der Waals surface area contributed by atoms with E-state index in [1.165, 1.54) is 6.07 Å². The summed E-state index contributed by atoms with van der Waals surface area (Å²) >= 11 is 16.0. The Labute approximate surface area is 120 Å². The van der Waals surface area contributed by atoms with Crippen LogP contribution < -0.4 is 5.32 Å². The first-order valence-electron chi connectivity index (χ1n) is 4.44. The lowest BCUT2D eigenvalue weighted by Crippen LogP contribution is -2.11. The molecule has 0 aliphatic carbocycles. The first-order chi connectivity index (χ1) is 8.06. The quantitative estimate of drug-likeness (QED) is 0.811. The Bertz CT molecular complexity index is 556. The van der Waals surface area contributed by atoms with Gasteiger partial charge in [0.25, 0.3) is 5.91 Å². The molecule has 0 spiro atoms. The normalized spacial score (nSPS) is 10.3. The summed E-state index contributed by atoms with van der Waals surface area (Å²) in [6.07, 6.45) is 1.55. The van der Waals surface area contributed by atoms with Gasteiger partial charge in [-0.05, 0) is 34.1 Å². The third kappa shape index (κ3) is 3.19. The highest BCUT2D eigenvalue weighted by molar-refractivity contribution is 9.10. The molecule has 0 saturated carbocycles. The highest BCUT2D eigenvalue weighted by Crippen LogP contribution is 2.31. The molecule has 7 heteroatoms. The van der Waals surface area contributed by atoms with Crippen LogP contribution in [0.2, 0.25) is 8.67 Å². The largest absolute Gasteiger partial charge is 0.321 e. The summed E-state index contributed by atoms with van der Waals surface area (Å²) in [6, 6.07) is 5.00. The number of nitrogens with zero attached hydrogens (tertiary/aromatic N) is 1. The SMILES string of the molecule is O=C(Nc1ccc(Br)nc1)c1cc(Cl)sc1Cl. The van der Waals surface area contributed by atoms with E-state index < -0.39 is 0 Å². The maximum Gasteiger partial charge on any atom is 0.258 e. The van der Waals surface area contributed by atoms with E-state index in [-0.39, 0.29) is 5.91 Å². The third-order valence-corrected chi connectivity index (χ3v) is 3.84. The van der Waals surface area contributed by atoms with Crippen LogP contribution in [0, 0.1) is 0 Å². The van der Waals surface area contributed by atoms with E-state index in [9.17, 15) is 4.79 Å². The van der Waals surface area contributed by atoms with Crippen LogP contribution in [0.1, 0.15) is 10.4 Å². The van der Waals surface area contributed by atoms with Crippen molar-refractivity contribution in [1.82, 2.24) is 4.98 Å². The Morgan fingerprint density at radius 2 is 2.18 bits per heavy atom. The maximum atomic E-state index is 11.8. The molecule has 0 bridgehead atoms. The predicted molar refractivity (Wildman–Crippen MR) is 74.2 cm³/mol. The molecule has 2 aromatic heterocycles. The molecule has 1 amide bonds. The van der Waals surface area contributed by atoms with Crippen LogP contribution in [-0.2, 0) is 0 Å². The molecule has 2 rings (SSSR count). The number of hydrogen-bond acceptors (Lipinski definition) is 3. The third-order valence-electron chi connectivity index (χ3n) is 1.89. The van der Waals surface area contributed by atoms with Gasteiger partial charge in [-0.3, -0.25) is 4.79 Å². The summed E-state index contributed by atoms with van der Waals surface area (Å²) in [4.78, 5) is 15.8. The fourth-order valence-electron chi connectivity index (χ4n) is 1.14. The van der Waals surface area contributed by atoms with E-state index in [1.807, 2.05) is 0 Å². The summed E-state index contributed by atoms with van der Waals surface area (Å²) in [6.45, 7) is 0. The first kappa shape index (κ1) is 12.8. The highest BCUT2D eigenvalue weighted by Gasteiger charge is 2.14. The van der Waals surface area contributed by atoms with Crippen molar-refractivity contribution in [1.29, 1.82) is 0 Å². The first-order valence-corrected chi connectivity index (χ1v) is 6.80. The molecule has 1 N–H and O–H groups in total. The fraction of sp³-hybridized carbons (Fsp3) is 0. The van der Waals surface area contributed by atoms with Crippen molar-refractivity contribution in [3.05, 3.63) is 43.2 Å². The van der Waals surface area contributed by atoms with Gasteiger partial charge in [-0.1, -0.05) is 23.2 Å². The van der Waals surface area contributed by atoms with E-state index in [0.29, 0.717) is 24.5 Å². The lowest BCUT2D eigenvalue weighted by molar-refractivity contribution is 0.102. The molecule has 0 atom stereocenters. The Balaban J connectivity index is 2.17. The fourth-order valence-corrected chi connectivity index (χ4v) is 2.84. The van der Waals surface area contributed by atoms with Gasteiger partial charge >= 0.3 is 0 Å². The zero-order valence-electron chi connectivity index (χ0n) is 8.21. The number of amides is 1. The molecule has 0 aliphatic heterocycles. The minimum Gasteiger partial charge on any atom is -0.321 e. The molecule has 88 valence electrons. The number of anilines is 1. The molecular weight excluding hydrogens is 347 g/mol. The number of pyridine rings is 1. The highest BCUT2D eigenvalue weighted by atomic mass is 79.9. The molecule has 3 nitrogen and oxygen atoms in total. The number of carbonyl (C=O) groups excluding carboxylic acids is 1. The summed E-state index contributed by atoms with van der Waals surface area (Å²) in [5.74, 6) is -0.303. The van der Waals surface area contributed by atoms with Crippen LogP contribution in [0.4, 0.5) is 5.69 Å². The number of thiophene rings is 1. The van der Waals surface area contributed by atoms with Gasteiger partial charge < -0.3 is 5.32 Å². The lowest BCUT2D eigenvalue weighted by Gasteiger charge is -2.03. The Kier molecular flexibility index (Phi) is 4.04. The topological polar surface area (TPSA) is 42.0 Å². The van der Waals surface area contributed by atoms with Gasteiger partial charge in [0, 0.05) is 0 Å². The van der Waals surface area contributed by atoms with Crippen LogP contribution in [0.15, 0.2) is 29.0 Å². The van der Waals surface area contributed by atoms with Gasteiger partial charge in [0.1, 0.15) is 8.94 Å². The average molecular weight is 352 g/mol. The summed E-state index contributed by atoms with van der Waals surface area (Å²) in [7, 11) is 0. The van der Waals surface area contributed by atoms with E-state index in [2.05, 4.69) is 26.2 Å². The smallest absolute Gasteiger partial charge is 0.258 e. The summed E-state index contributed by atoms with van der Waals surface area (Å²) in [5.41, 5.74) is 0.959.